The molecule has 7 rings (SSSR count). The standard InChI is InChI=1S/C66H103NO27S2/c1-40(16-10-9-14-30-84-56(74)18-12-8-11-17-55(73)67-37-46(68)34-50(70)60(94-96(81,82)83)51(71)39-87-95(78,79)80)38-85-62(76)63(7,77)36-48-21-22-54(72)66(90-48)35-41(2)32-53(91-66)42(3)19-20-47-24-28-65(89-47)29-25-52-61(93-65)57(75)45(6)59(88-52)49(69)33-44(5)58-43(4)23-27-64(92-58)26-13-15-31-86-64/h8-10,12,16,19-20,35,42-44,46-54,57-61,68-72,75,77H,6,11,13-15,17-18,21-34,36-39H2,1-5,7H3,(H,67,73)(H,78,79,80)(H,81,82,83)/b10-9+,12-8+,20-19+,40-16+/t42-,43-,44+,46?,47+,48+,49+,50?,51?,52-,53+,54-,57-,58+,59+,60?,61-,63-,64+,65-,66-/m1/s1. The van der Waals surface area contributed by atoms with Crippen LogP contribution in [0.3, 0.4) is 0 Å². The van der Waals surface area contributed by atoms with E-state index in [4.69, 9.17) is 51.7 Å². The van der Waals surface area contributed by atoms with E-state index in [2.05, 4.69) is 34.1 Å². The van der Waals surface area contributed by atoms with Crippen molar-refractivity contribution in [3.63, 3.8) is 0 Å². The highest BCUT2D eigenvalue weighted by Crippen LogP contribution is 2.48. The predicted octanol–water partition coefficient (Wildman–Crippen LogP) is 4.43. The van der Waals surface area contributed by atoms with E-state index in [-0.39, 0.29) is 69.4 Å². The number of allylic oxidation sites excluding steroid dienone is 3. The molecule has 7 aliphatic heterocycles. The fraction of sp³-hybridized carbons (Fsp3) is 0.773. The summed E-state index contributed by atoms with van der Waals surface area (Å²) in [5.74, 6) is -4.77. The van der Waals surface area contributed by atoms with Gasteiger partial charge in [0, 0.05) is 57.4 Å². The number of amides is 1. The minimum Gasteiger partial charge on any atom is -0.465 e. The number of esters is 2. The highest BCUT2D eigenvalue weighted by Gasteiger charge is 2.55. The third-order valence-corrected chi connectivity index (χ3v) is 19.8. The Balaban J connectivity index is 0.770. The fourth-order valence-corrected chi connectivity index (χ4v) is 14.5. The molecule has 0 aromatic carbocycles. The van der Waals surface area contributed by atoms with E-state index in [1.54, 1.807) is 37.3 Å². The first-order valence-corrected chi connectivity index (χ1v) is 36.2. The number of aliphatic hydroxyl groups excluding tert-OH is 6. The van der Waals surface area contributed by atoms with Gasteiger partial charge >= 0.3 is 32.7 Å². The smallest absolute Gasteiger partial charge is 0.397 e. The Kier molecular flexibility index (Phi) is 29.0. The zero-order valence-corrected chi connectivity index (χ0v) is 57.4. The highest BCUT2D eigenvalue weighted by molar-refractivity contribution is 7.81. The summed E-state index contributed by atoms with van der Waals surface area (Å²) >= 11 is 0. The van der Waals surface area contributed by atoms with Gasteiger partial charge in [-0.15, -0.1) is 0 Å². The van der Waals surface area contributed by atoms with E-state index >= 15 is 0 Å². The molecule has 28 nitrogen and oxygen atoms in total. The molecule has 10 N–H and O–H groups in total. The van der Waals surface area contributed by atoms with Crippen molar-refractivity contribution in [1.82, 2.24) is 5.32 Å². The molecular weight excluding hydrogens is 1300 g/mol. The third-order valence-electron chi connectivity index (χ3n) is 18.9. The second kappa shape index (κ2) is 35.1. The van der Waals surface area contributed by atoms with E-state index in [9.17, 15) is 67.0 Å². The first-order chi connectivity index (χ1) is 45.1. The molecule has 0 saturated carbocycles. The number of ether oxygens (including phenoxy) is 9. The van der Waals surface area contributed by atoms with Gasteiger partial charge in [0.1, 0.15) is 43.2 Å². The van der Waals surface area contributed by atoms with Crippen molar-refractivity contribution in [3.05, 3.63) is 71.9 Å². The summed E-state index contributed by atoms with van der Waals surface area (Å²) in [5, 5.41) is 79.1. The van der Waals surface area contributed by atoms with Gasteiger partial charge in [0.2, 0.25) is 11.7 Å². The lowest BCUT2D eigenvalue weighted by Gasteiger charge is -2.50. The predicted molar refractivity (Wildman–Crippen MR) is 342 cm³/mol. The summed E-state index contributed by atoms with van der Waals surface area (Å²) in [6.45, 7) is 14.5. The molecule has 96 heavy (non-hydrogen) atoms. The largest absolute Gasteiger partial charge is 0.465 e. The molecule has 0 bridgehead atoms. The van der Waals surface area contributed by atoms with Crippen LogP contribution in [0.5, 0.6) is 0 Å². The van der Waals surface area contributed by atoms with Crippen LogP contribution in [0.25, 0.3) is 0 Å². The maximum absolute atomic E-state index is 13.3. The molecule has 30 heteroatoms. The molecule has 0 aromatic heterocycles. The first kappa shape index (κ1) is 79.4. The lowest BCUT2D eigenvalue weighted by Crippen LogP contribution is -2.60. The average Bonchev–Trinajstić information content (AvgIpc) is 1.28. The van der Waals surface area contributed by atoms with Crippen LogP contribution in [0.1, 0.15) is 164 Å². The summed E-state index contributed by atoms with van der Waals surface area (Å²) in [7, 11) is -10.4. The molecule has 0 aromatic rings. The van der Waals surface area contributed by atoms with E-state index in [0.717, 1.165) is 37.7 Å². The second-order valence-corrected chi connectivity index (χ2v) is 29.5. The van der Waals surface area contributed by atoms with Crippen LogP contribution >= 0.6 is 0 Å². The molecule has 6 fully saturated rings. The molecule has 3 spiro atoms. The molecule has 21 atom stereocenters. The maximum atomic E-state index is 13.3. The normalized spacial score (nSPS) is 33.7. The van der Waals surface area contributed by atoms with Gasteiger partial charge in [-0.25, -0.2) is 13.2 Å². The molecule has 546 valence electrons. The van der Waals surface area contributed by atoms with E-state index in [0.29, 0.717) is 75.0 Å². The zero-order chi connectivity index (χ0) is 70.4. The molecule has 7 aliphatic rings. The summed E-state index contributed by atoms with van der Waals surface area (Å²) in [6.07, 6.45) is 7.99. The van der Waals surface area contributed by atoms with Crippen LogP contribution in [0, 0.1) is 17.8 Å². The Morgan fingerprint density at radius 2 is 1.60 bits per heavy atom. The van der Waals surface area contributed by atoms with Crippen molar-refractivity contribution in [2.24, 2.45) is 17.8 Å². The Bertz CT molecular complexity index is 2980. The Labute approximate surface area is 563 Å². The minimum absolute atomic E-state index is 0.0130. The van der Waals surface area contributed by atoms with Gasteiger partial charge in [-0.05, 0) is 120 Å². The Hall–Kier alpha value is -3.97. The van der Waals surface area contributed by atoms with Crippen molar-refractivity contribution >= 4 is 38.6 Å². The highest BCUT2D eigenvalue weighted by atomic mass is 32.3. The van der Waals surface area contributed by atoms with Crippen LogP contribution in [0.15, 0.2) is 71.9 Å². The summed E-state index contributed by atoms with van der Waals surface area (Å²) in [6, 6.07) is 0. The minimum atomic E-state index is -5.30. The number of nitrogens with one attached hydrogen (secondary N) is 1. The average molecular weight is 1410 g/mol. The first-order valence-electron chi connectivity index (χ1n) is 33.5. The van der Waals surface area contributed by atoms with Gasteiger partial charge in [-0.2, -0.15) is 16.8 Å². The molecule has 4 unspecified atom stereocenters. The molecule has 0 aliphatic carbocycles. The van der Waals surface area contributed by atoms with Crippen molar-refractivity contribution < 1.29 is 127 Å². The number of hydrogen-bond acceptors (Lipinski definition) is 25. The lowest BCUT2D eigenvalue weighted by molar-refractivity contribution is -0.321. The zero-order valence-electron chi connectivity index (χ0n) is 55.8. The number of aliphatic hydroxyl groups is 7. The number of carbonyl (C=O) groups excluding carboxylic acids is 3. The van der Waals surface area contributed by atoms with Gasteiger partial charge in [-0.1, -0.05) is 75.5 Å². The van der Waals surface area contributed by atoms with Gasteiger partial charge in [0.25, 0.3) is 0 Å². The second-order valence-electron chi connectivity index (χ2n) is 27.3. The van der Waals surface area contributed by atoms with Crippen LogP contribution < -0.4 is 5.32 Å². The van der Waals surface area contributed by atoms with Gasteiger partial charge in [-0.3, -0.25) is 18.7 Å². The molecule has 0 radical (unpaired) electrons. The van der Waals surface area contributed by atoms with Crippen molar-refractivity contribution in [2.45, 2.75) is 272 Å². The van der Waals surface area contributed by atoms with Crippen LogP contribution in [0.2, 0.25) is 0 Å². The van der Waals surface area contributed by atoms with Crippen LogP contribution in [-0.4, -0.2) is 221 Å². The van der Waals surface area contributed by atoms with Crippen molar-refractivity contribution in [1.29, 1.82) is 0 Å². The summed E-state index contributed by atoms with van der Waals surface area (Å²) in [4.78, 5) is 37.8. The maximum Gasteiger partial charge on any atom is 0.397 e. The van der Waals surface area contributed by atoms with Crippen molar-refractivity contribution in [3.8, 4) is 0 Å². The lowest BCUT2D eigenvalue weighted by atomic mass is 9.79. The number of rotatable bonds is 32. The monoisotopic (exact) mass is 1410 g/mol. The quantitative estimate of drug-likeness (QED) is 0.0146. The van der Waals surface area contributed by atoms with E-state index in [1.165, 1.54) is 13.0 Å². The number of hydrogen-bond donors (Lipinski definition) is 10. The summed E-state index contributed by atoms with van der Waals surface area (Å²) in [5.41, 5.74) is 0.0337. The fourth-order valence-electron chi connectivity index (χ4n) is 13.7. The van der Waals surface area contributed by atoms with Crippen LogP contribution in [-0.2, 0) is 86.2 Å². The Morgan fingerprint density at radius 1 is 0.865 bits per heavy atom. The van der Waals surface area contributed by atoms with Gasteiger partial charge in [0.05, 0.1) is 75.1 Å². The van der Waals surface area contributed by atoms with Gasteiger partial charge < -0.3 is 83.7 Å². The number of carbonyl (C=O) groups is 3. The van der Waals surface area contributed by atoms with Gasteiger partial charge in [0.15, 0.2) is 17.2 Å². The SMILES string of the molecule is C=C1[C@@H](O)[C@@H]2O[C@]3(CC[C@H](/C=C/[C@@H](C)[C@@H]4CC(C)=C[C@@]5(O[C@H](C[C@@](C)(O)C(=O)OC/C(C)=C/C=C/CCOC(=O)C/C=C/CCC(=O)NCC(O)CC(O)C(OS(=O)(=O)O)C(O)COS(=O)(=O)O)CC[C@H]5O)O4)O3)CC[C@H]2O[C@@H]1[C@@H](O)C[C@H](C)[C@H]1O[C@@]2(CCCCO2)CC[C@H]1C. The molecule has 6 saturated heterocycles. The number of fused-ring (bicyclic) bond motifs is 1. The molecule has 1 amide bonds. The van der Waals surface area contributed by atoms with E-state index in [1.807, 2.05) is 26.0 Å². The summed E-state index contributed by atoms with van der Waals surface area (Å²) < 4.78 is 126. The molecule has 7 heterocycles. The topological polar surface area (TPSA) is 415 Å². The third kappa shape index (κ3) is 23.3. The molecular formula is C66H103NO27S2. The van der Waals surface area contributed by atoms with E-state index < -0.39 is 154 Å². The Morgan fingerprint density at radius 3 is 2.32 bits per heavy atom. The van der Waals surface area contributed by atoms with Crippen LogP contribution in [0.4, 0.5) is 0 Å². The van der Waals surface area contributed by atoms with Crippen molar-refractivity contribution in [2.75, 3.05) is 33.0 Å².